The van der Waals surface area contributed by atoms with Gasteiger partial charge in [-0.2, -0.15) is 5.26 Å². The van der Waals surface area contributed by atoms with Gasteiger partial charge in [0, 0.05) is 24.9 Å². The Hall–Kier alpha value is -4.65. The number of methoxy groups -OCH3 is 2. The lowest BCUT2D eigenvalue weighted by Gasteiger charge is -2.14. The Morgan fingerprint density at radius 1 is 1.20 bits per heavy atom. The van der Waals surface area contributed by atoms with Crippen LogP contribution in [-0.2, 0) is 13.5 Å². The van der Waals surface area contributed by atoms with Crippen LogP contribution in [0, 0.1) is 17.1 Å². The largest absolute Gasteiger partial charge is 0.497 e. The van der Waals surface area contributed by atoms with Gasteiger partial charge in [-0.3, -0.25) is 4.79 Å². The summed E-state index contributed by atoms with van der Waals surface area (Å²) in [5.74, 6) is 0.413. The normalized spacial score (nSPS) is 10.6. The first-order valence-electron chi connectivity index (χ1n) is 10.7. The number of imidazole rings is 1. The summed E-state index contributed by atoms with van der Waals surface area (Å²) in [6.45, 7) is 1.91. The molecule has 0 aliphatic carbocycles. The second-order valence-electron chi connectivity index (χ2n) is 7.68. The third-order valence-electron chi connectivity index (χ3n) is 5.55. The number of carbonyl (C=O) groups is 1. The van der Waals surface area contributed by atoms with E-state index in [1.807, 2.05) is 20.0 Å². The van der Waals surface area contributed by atoms with Gasteiger partial charge in [-0.15, -0.1) is 0 Å². The Morgan fingerprint density at radius 3 is 2.69 bits per heavy atom. The van der Waals surface area contributed by atoms with E-state index in [2.05, 4.69) is 20.6 Å². The molecule has 2 aromatic carbocycles. The van der Waals surface area contributed by atoms with E-state index in [0.717, 1.165) is 5.56 Å². The van der Waals surface area contributed by atoms with E-state index in [4.69, 9.17) is 14.7 Å². The molecule has 2 aromatic heterocycles. The highest BCUT2D eigenvalue weighted by atomic mass is 19.1. The van der Waals surface area contributed by atoms with Crippen molar-refractivity contribution >= 4 is 34.3 Å². The minimum absolute atomic E-state index is 0.0242. The molecule has 9 nitrogen and oxygen atoms in total. The highest BCUT2D eigenvalue weighted by molar-refractivity contribution is 6.09. The minimum Gasteiger partial charge on any atom is -0.497 e. The average molecular weight is 474 g/mol. The molecule has 0 bridgehead atoms. The van der Waals surface area contributed by atoms with Gasteiger partial charge in [-0.05, 0) is 36.2 Å². The van der Waals surface area contributed by atoms with Gasteiger partial charge in [0.05, 0.1) is 37.2 Å². The van der Waals surface area contributed by atoms with E-state index in [1.54, 1.807) is 35.2 Å². The second-order valence-corrected chi connectivity index (χ2v) is 7.68. The maximum Gasteiger partial charge on any atom is 0.260 e. The number of pyridine rings is 1. The first-order chi connectivity index (χ1) is 16.9. The molecule has 35 heavy (non-hydrogen) atoms. The third-order valence-corrected chi connectivity index (χ3v) is 5.55. The molecule has 2 heterocycles. The molecule has 0 spiro atoms. The van der Waals surface area contributed by atoms with E-state index >= 15 is 0 Å². The number of nitrogens with one attached hydrogen (secondary N) is 2. The Morgan fingerprint density at radius 2 is 2.00 bits per heavy atom. The predicted octanol–water partition coefficient (Wildman–Crippen LogP) is 4.55. The van der Waals surface area contributed by atoms with Crippen LogP contribution in [0.5, 0.6) is 11.5 Å². The highest BCUT2D eigenvalue weighted by Gasteiger charge is 2.18. The van der Waals surface area contributed by atoms with Crippen molar-refractivity contribution in [2.24, 2.45) is 7.05 Å². The van der Waals surface area contributed by atoms with Crippen molar-refractivity contribution < 1.29 is 18.7 Å². The fraction of sp³-hybridized carbons (Fsp3) is 0.200. The van der Waals surface area contributed by atoms with Crippen molar-refractivity contribution in [1.82, 2.24) is 14.5 Å². The van der Waals surface area contributed by atoms with Crippen LogP contribution in [0.3, 0.4) is 0 Å². The molecule has 4 rings (SSSR count). The Bertz CT molecular complexity index is 1470. The standard InChI is InChI=1S/C25H23FN6O3/c1-5-14-8-15(12-27)18(26)10-19(14)29-22-11-20-23(28-13-32(20)2)24(30-22)31-25(33)17-7-6-16(34-3)9-21(17)35-4/h6-11,13H,5H2,1-4H3,(H2,29,30,31,33). The summed E-state index contributed by atoms with van der Waals surface area (Å²) >= 11 is 0. The number of ether oxygens (including phenoxy) is 2. The molecule has 0 aliphatic rings. The molecule has 0 unspecified atom stereocenters. The second kappa shape index (κ2) is 9.69. The van der Waals surface area contributed by atoms with Crippen LogP contribution >= 0.6 is 0 Å². The molecule has 178 valence electrons. The van der Waals surface area contributed by atoms with E-state index in [1.165, 1.54) is 26.4 Å². The van der Waals surface area contributed by atoms with Gasteiger partial charge >= 0.3 is 0 Å². The van der Waals surface area contributed by atoms with E-state index in [0.29, 0.717) is 46.0 Å². The molecule has 0 radical (unpaired) electrons. The number of carbonyl (C=O) groups excluding carboxylic acids is 1. The summed E-state index contributed by atoms with van der Waals surface area (Å²) in [6.07, 6.45) is 2.19. The highest BCUT2D eigenvalue weighted by Crippen LogP contribution is 2.30. The quantitative estimate of drug-likeness (QED) is 0.404. The molecule has 0 atom stereocenters. The fourth-order valence-electron chi connectivity index (χ4n) is 3.69. The van der Waals surface area contributed by atoms with E-state index < -0.39 is 11.7 Å². The Labute approximate surface area is 201 Å². The zero-order chi connectivity index (χ0) is 25.1. The average Bonchev–Trinajstić information content (AvgIpc) is 3.24. The van der Waals surface area contributed by atoms with Crippen LogP contribution in [0.25, 0.3) is 11.0 Å². The van der Waals surface area contributed by atoms with Gasteiger partial charge in [-0.1, -0.05) is 6.92 Å². The number of halogens is 1. The number of hydrogen-bond donors (Lipinski definition) is 2. The molecule has 0 aliphatic heterocycles. The van der Waals surface area contributed by atoms with Crippen molar-refractivity contribution in [1.29, 1.82) is 5.26 Å². The van der Waals surface area contributed by atoms with Crippen molar-refractivity contribution in [2.45, 2.75) is 13.3 Å². The van der Waals surface area contributed by atoms with Gasteiger partial charge in [0.25, 0.3) is 5.91 Å². The zero-order valence-electron chi connectivity index (χ0n) is 19.6. The Kier molecular flexibility index (Phi) is 6.51. The van der Waals surface area contributed by atoms with Crippen LogP contribution in [-0.4, -0.2) is 34.7 Å². The summed E-state index contributed by atoms with van der Waals surface area (Å²) in [4.78, 5) is 22.0. The van der Waals surface area contributed by atoms with Crippen molar-refractivity contribution in [3.8, 4) is 17.6 Å². The number of nitrogens with zero attached hydrogens (tertiary/aromatic N) is 4. The topological polar surface area (TPSA) is 114 Å². The van der Waals surface area contributed by atoms with Gasteiger partial charge < -0.3 is 24.7 Å². The van der Waals surface area contributed by atoms with Crippen molar-refractivity contribution in [2.75, 3.05) is 24.9 Å². The molecule has 2 N–H and O–H groups in total. The number of aryl methyl sites for hydroxylation is 2. The number of rotatable bonds is 7. The number of aromatic nitrogens is 3. The van der Waals surface area contributed by atoms with Crippen LogP contribution in [0.2, 0.25) is 0 Å². The van der Waals surface area contributed by atoms with Crippen LogP contribution in [0.4, 0.5) is 21.7 Å². The van der Waals surface area contributed by atoms with Crippen LogP contribution < -0.4 is 20.1 Å². The summed E-state index contributed by atoms with van der Waals surface area (Å²) in [5, 5.41) is 15.1. The van der Waals surface area contributed by atoms with Crippen LogP contribution in [0.15, 0.2) is 42.7 Å². The van der Waals surface area contributed by atoms with Gasteiger partial charge in [0.15, 0.2) is 5.82 Å². The summed E-state index contributed by atoms with van der Waals surface area (Å²) in [5.41, 5.74) is 2.69. The van der Waals surface area contributed by atoms with E-state index in [-0.39, 0.29) is 11.4 Å². The SMILES string of the molecule is CCc1cc(C#N)c(F)cc1Nc1cc2c(ncn2C)c(NC(=O)c2ccc(OC)cc2OC)n1. The van der Waals surface area contributed by atoms with Crippen molar-refractivity contribution in [3.63, 3.8) is 0 Å². The number of amides is 1. The summed E-state index contributed by atoms with van der Waals surface area (Å²) in [7, 11) is 4.81. The number of nitriles is 1. The maximum absolute atomic E-state index is 14.3. The summed E-state index contributed by atoms with van der Waals surface area (Å²) in [6, 6.07) is 11.3. The number of benzene rings is 2. The van der Waals surface area contributed by atoms with Gasteiger partial charge in [-0.25, -0.2) is 14.4 Å². The molecular weight excluding hydrogens is 451 g/mol. The molecule has 4 aromatic rings. The van der Waals surface area contributed by atoms with Gasteiger partial charge in [0.2, 0.25) is 0 Å². The van der Waals surface area contributed by atoms with Crippen molar-refractivity contribution in [3.05, 3.63) is 65.2 Å². The first-order valence-corrected chi connectivity index (χ1v) is 10.7. The first kappa shape index (κ1) is 23.5. The number of fused-ring (bicyclic) bond motifs is 1. The predicted molar refractivity (Wildman–Crippen MR) is 130 cm³/mol. The smallest absolute Gasteiger partial charge is 0.260 e. The molecule has 10 heteroatoms. The Balaban J connectivity index is 1.74. The molecular formula is C25H23FN6O3. The molecule has 0 fully saturated rings. The monoisotopic (exact) mass is 474 g/mol. The van der Waals surface area contributed by atoms with E-state index in [9.17, 15) is 9.18 Å². The maximum atomic E-state index is 14.3. The lowest BCUT2D eigenvalue weighted by Crippen LogP contribution is -2.15. The zero-order valence-corrected chi connectivity index (χ0v) is 19.6. The van der Waals surface area contributed by atoms with Gasteiger partial charge in [0.1, 0.15) is 34.7 Å². The lowest BCUT2D eigenvalue weighted by molar-refractivity contribution is 0.102. The molecule has 0 saturated carbocycles. The molecule has 1 amide bonds. The number of hydrogen-bond acceptors (Lipinski definition) is 7. The third kappa shape index (κ3) is 4.56. The fourth-order valence-corrected chi connectivity index (χ4v) is 3.69. The lowest BCUT2D eigenvalue weighted by atomic mass is 10.1. The van der Waals surface area contributed by atoms with Crippen LogP contribution in [0.1, 0.15) is 28.4 Å². The number of anilines is 3. The summed E-state index contributed by atoms with van der Waals surface area (Å²) < 4.78 is 26.6. The minimum atomic E-state index is -0.631. The molecule has 0 saturated heterocycles.